The molecule has 0 saturated carbocycles. The molecule has 4 aromatic heterocycles. The highest BCUT2D eigenvalue weighted by Crippen LogP contribution is 2.37. The Hall–Kier alpha value is -4.22. The molecule has 0 radical (unpaired) electrons. The standard InChI is InChI=1S/C29H25N5O4S2/c1-17-32-34-14-23(31-29(34)40-17)26-13-22-24(11-21(36-2)12-25(22)38-26)37-15-20-16-39-27(30-20)18-5-7-19(8-6-18)28(35)33-9-3-4-10-33/h5-8,11-14,16H,3-4,9-10,15H2,1-2H3. The molecule has 6 aromatic rings. The molecule has 5 heterocycles. The molecule has 0 aliphatic carbocycles. The van der Waals surface area contributed by atoms with E-state index in [2.05, 4.69) is 10.1 Å². The molecule has 40 heavy (non-hydrogen) atoms. The molecule has 9 nitrogen and oxygen atoms in total. The number of amides is 1. The number of methoxy groups -OCH3 is 1. The summed E-state index contributed by atoms with van der Waals surface area (Å²) >= 11 is 3.08. The Labute approximate surface area is 237 Å². The van der Waals surface area contributed by atoms with Crippen LogP contribution in [0.25, 0.3) is 38.0 Å². The van der Waals surface area contributed by atoms with E-state index >= 15 is 0 Å². The number of carbonyl (C=O) groups is 1. The van der Waals surface area contributed by atoms with E-state index in [0.717, 1.165) is 57.6 Å². The van der Waals surface area contributed by atoms with Gasteiger partial charge in [-0.15, -0.1) is 11.3 Å². The number of rotatable bonds is 7. The van der Waals surface area contributed by atoms with Crippen LogP contribution in [0.2, 0.25) is 0 Å². The summed E-state index contributed by atoms with van der Waals surface area (Å²) in [6.07, 6.45) is 4.02. The Bertz CT molecular complexity index is 1810. The van der Waals surface area contributed by atoms with E-state index < -0.39 is 0 Å². The van der Waals surface area contributed by atoms with Crippen molar-refractivity contribution in [1.29, 1.82) is 0 Å². The van der Waals surface area contributed by atoms with Crippen molar-refractivity contribution in [2.75, 3.05) is 20.2 Å². The maximum Gasteiger partial charge on any atom is 0.253 e. The highest BCUT2D eigenvalue weighted by atomic mass is 32.1. The zero-order valence-corrected chi connectivity index (χ0v) is 23.6. The Morgan fingerprint density at radius 2 is 1.93 bits per heavy atom. The molecular weight excluding hydrogens is 546 g/mol. The molecule has 2 aromatic carbocycles. The van der Waals surface area contributed by atoms with Crippen LogP contribution in [0.5, 0.6) is 11.5 Å². The zero-order valence-electron chi connectivity index (χ0n) is 21.9. The number of likely N-dealkylation sites (tertiary alicyclic amines) is 1. The van der Waals surface area contributed by atoms with Crippen LogP contribution in [0.3, 0.4) is 0 Å². The molecule has 0 N–H and O–H groups in total. The minimum Gasteiger partial charge on any atom is -0.496 e. The number of fused-ring (bicyclic) bond motifs is 2. The van der Waals surface area contributed by atoms with Crippen LogP contribution < -0.4 is 9.47 Å². The third-order valence-corrected chi connectivity index (χ3v) is 8.68. The average Bonchev–Trinajstić information content (AvgIpc) is 3.79. The number of carbonyl (C=O) groups excluding carboxylic acids is 1. The van der Waals surface area contributed by atoms with Gasteiger partial charge >= 0.3 is 0 Å². The number of hydrogen-bond acceptors (Lipinski definition) is 9. The van der Waals surface area contributed by atoms with Crippen LogP contribution in [0, 0.1) is 6.92 Å². The maximum absolute atomic E-state index is 12.7. The molecular formula is C29H25N5O4S2. The number of nitrogens with zero attached hydrogens (tertiary/aromatic N) is 5. The van der Waals surface area contributed by atoms with Gasteiger partial charge in [-0.05, 0) is 38.0 Å². The number of thiazole rings is 1. The summed E-state index contributed by atoms with van der Waals surface area (Å²) in [6.45, 7) is 3.93. The highest BCUT2D eigenvalue weighted by Gasteiger charge is 2.20. The van der Waals surface area contributed by atoms with E-state index in [-0.39, 0.29) is 12.5 Å². The van der Waals surface area contributed by atoms with E-state index in [1.54, 1.807) is 23.0 Å². The van der Waals surface area contributed by atoms with Crippen LogP contribution >= 0.6 is 22.7 Å². The fourth-order valence-electron chi connectivity index (χ4n) is 4.88. The third kappa shape index (κ3) is 4.61. The van der Waals surface area contributed by atoms with Crippen molar-refractivity contribution < 1.29 is 18.7 Å². The predicted molar refractivity (Wildman–Crippen MR) is 154 cm³/mol. The number of aromatic nitrogens is 4. The molecule has 1 amide bonds. The summed E-state index contributed by atoms with van der Waals surface area (Å²) < 4.78 is 19.6. The predicted octanol–water partition coefficient (Wildman–Crippen LogP) is 6.46. The number of ether oxygens (including phenoxy) is 2. The van der Waals surface area contributed by atoms with Gasteiger partial charge in [0.1, 0.15) is 39.4 Å². The molecule has 11 heteroatoms. The average molecular weight is 572 g/mol. The van der Waals surface area contributed by atoms with Gasteiger partial charge in [-0.3, -0.25) is 4.79 Å². The summed E-state index contributed by atoms with van der Waals surface area (Å²) in [5, 5.41) is 9.08. The molecule has 0 unspecified atom stereocenters. The lowest BCUT2D eigenvalue weighted by molar-refractivity contribution is 0.0793. The first kappa shape index (κ1) is 24.8. The van der Waals surface area contributed by atoms with Crippen LogP contribution in [0.1, 0.15) is 33.9 Å². The van der Waals surface area contributed by atoms with Gasteiger partial charge in [0.2, 0.25) is 4.96 Å². The molecule has 202 valence electrons. The van der Waals surface area contributed by atoms with Crippen LogP contribution in [-0.2, 0) is 6.61 Å². The van der Waals surface area contributed by atoms with E-state index in [1.807, 2.05) is 65.9 Å². The molecule has 1 aliphatic rings. The highest BCUT2D eigenvalue weighted by molar-refractivity contribution is 7.16. The topological polar surface area (TPSA) is 95.0 Å². The third-order valence-electron chi connectivity index (χ3n) is 6.90. The van der Waals surface area contributed by atoms with E-state index in [9.17, 15) is 4.79 Å². The second kappa shape index (κ2) is 10.1. The van der Waals surface area contributed by atoms with Gasteiger partial charge < -0.3 is 18.8 Å². The van der Waals surface area contributed by atoms with Crippen molar-refractivity contribution in [3.63, 3.8) is 0 Å². The van der Waals surface area contributed by atoms with Crippen molar-refractivity contribution in [2.45, 2.75) is 26.4 Å². The molecule has 1 aliphatic heterocycles. The van der Waals surface area contributed by atoms with Gasteiger partial charge in [-0.2, -0.15) is 5.10 Å². The van der Waals surface area contributed by atoms with Crippen molar-refractivity contribution in [1.82, 2.24) is 24.5 Å². The SMILES string of the molecule is COc1cc(OCc2csc(-c3ccc(C(=O)N4CCCC4)cc3)n2)c2cc(-c3cn4nc(C)sc4n3)oc2c1. The Morgan fingerprint density at radius 1 is 1.10 bits per heavy atom. The summed E-state index contributed by atoms with van der Waals surface area (Å²) in [7, 11) is 1.61. The normalized spacial score (nSPS) is 13.5. The van der Waals surface area contributed by atoms with Crippen molar-refractivity contribution in [2.24, 2.45) is 0 Å². The summed E-state index contributed by atoms with van der Waals surface area (Å²) in [5.74, 6) is 2.00. The Balaban J connectivity index is 1.10. The first-order chi connectivity index (χ1) is 19.5. The lowest BCUT2D eigenvalue weighted by Crippen LogP contribution is -2.27. The molecule has 0 bridgehead atoms. The number of benzene rings is 2. The lowest BCUT2D eigenvalue weighted by Gasteiger charge is -2.15. The summed E-state index contributed by atoms with van der Waals surface area (Å²) in [5.41, 5.74) is 3.85. The van der Waals surface area contributed by atoms with E-state index in [1.165, 1.54) is 11.3 Å². The monoisotopic (exact) mass is 571 g/mol. The molecule has 0 spiro atoms. The zero-order chi connectivity index (χ0) is 27.2. The maximum atomic E-state index is 12.7. The molecule has 0 atom stereocenters. The summed E-state index contributed by atoms with van der Waals surface area (Å²) in [6, 6.07) is 13.3. The van der Waals surface area contributed by atoms with Gasteiger partial charge in [-0.1, -0.05) is 23.5 Å². The Kier molecular flexibility index (Phi) is 6.24. The number of aryl methyl sites for hydroxylation is 1. The van der Waals surface area contributed by atoms with Crippen LogP contribution in [-0.4, -0.2) is 50.6 Å². The second-order valence-electron chi connectivity index (χ2n) is 9.63. The van der Waals surface area contributed by atoms with Gasteiger partial charge in [0, 0.05) is 41.7 Å². The van der Waals surface area contributed by atoms with Crippen molar-refractivity contribution in [3.05, 3.63) is 70.3 Å². The first-order valence-electron chi connectivity index (χ1n) is 13.0. The van der Waals surface area contributed by atoms with Crippen molar-refractivity contribution >= 4 is 44.5 Å². The van der Waals surface area contributed by atoms with Gasteiger partial charge in [0.15, 0.2) is 5.76 Å². The fraction of sp³-hybridized carbons (Fsp3) is 0.241. The number of furan rings is 1. The van der Waals surface area contributed by atoms with Crippen LogP contribution in [0.4, 0.5) is 0 Å². The smallest absolute Gasteiger partial charge is 0.253 e. The van der Waals surface area contributed by atoms with E-state index in [4.69, 9.17) is 18.9 Å². The van der Waals surface area contributed by atoms with Gasteiger partial charge in [0.25, 0.3) is 5.91 Å². The van der Waals surface area contributed by atoms with Gasteiger partial charge in [-0.25, -0.2) is 14.5 Å². The Morgan fingerprint density at radius 3 is 2.70 bits per heavy atom. The minimum atomic E-state index is 0.101. The molecule has 1 saturated heterocycles. The first-order valence-corrected chi connectivity index (χ1v) is 14.7. The van der Waals surface area contributed by atoms with Gasteiger partial charge in [0.05, 0.1) is 24.4 Å². The van der Waals surface area contributed by atoms with E-state index in [0.29, 0.717) is 34.1 Å². The number of imidazole rings is 1. The molecule has 1 fully saturated rings. The fourth-order valence-corrected chi connectivity index (χ4v) is 6.41. The quantitative estimate of drug-likeness (QED) is 0.217. The number of hydrogen-bond donors (Lipinski definition) is 0. The van der Waals surface area contributed by atoms with Crippen molar-refractivity contribution in [3.8, 4) is 33.5 Å². The molecule has 7 rings (SSSR count). The lowest BCUT2D eigenvalue weighted by atomic mass is 10.1. The minimum absolute atomic E-state index is 0.101. The summed E-state index contributed by atoms with van der Waals surface area (Å²) in [4.78, 5) is 24.8. The largest absolute Gasteiger partial charge is 0.496 e. The van der Waals surface area contributed by atoms with Crippen LogP contribution in [0.15, 0.2) is 58.5 Å². The second-order valence-corrected chi connectivity index (χ2v) is 11.6.